The molecule has 2 nitrogen and oxygen atoms in total. The van der Waals surface area contributed by atoms with E-state index in [2.05, 4.69) is 25.0 Å². The van der Waals surface area contributed by atoms with Gasteiger partial charge >= 0.3 is 0 Å². The Morgan fingerprint density at radius 2 is 1.92 bits per heavy atom. The minimum atomic E-state index is 0.433. The van der Waals surface area contributed by atoms with Crippen LogP contribution in [0.2, 0.25) is 0 Å². The van der Waals surface area contributed by atoms with Crippen molar-refractivity contribution in [2.24, 2.45) is 0 Å². The van der Waals surface area contributed by atoms with Crippen LogP contribution in [0.3, 0.4) is 0 Å². The molecule has 0 aromatic heterocycles. The summed E-state index contributed by atoms with van der Waals surface area (Å²) in [4.78, 5) is 0. The van der Waals surface area contributed by atoms with E-state index in [1.54, 1.807) is 6.08 Å². The van der Waals surface area contributed by atoms with Gasteiger partial charge in [-0.15, -0.1) is 6.58 Å². The average molecular weight is 180 g/mol. The smallest absolute Gasteiger partial charge is 0.108 e. The SMILES string of the molecule is C=CCOCC#CCOCC(=C)C. The van der Waals surface area contributed by atoms with Gasteiger partial charge in [-0.1, -0.05) is 30.1 Å². The van der Waals surface area contributed by atoms with Crippen LogP contribution in [0.25, 0.3) is 0 Å². The molecule has 0 unspecified atom stereocenters. The molecule has 0 aliphatic carbocycles. The molecule has 0 heterocycles. The van der Waals surface area contributed by atoms with Gasteiger partial charge in [-0.05, 0) is 6.92 Å². The van der Waals surface area contributed by atoms with Crippen molar-refractivity contribution in [1.29, 1.82) is 0 Å². The molecule has 0 amide bonds. The fraction of sp³-hybridized carbons (Fsp3) is 0.455. The van der Waals surface area contributed by atoms with Crippen molar-refractivity contribution in [1.82, 2.24) is 0 Å². The zero-order valence-corrected chi connectivity index (χ0v) is 8.14. The van der Waals surface area contributed by atoms with Gasteiger partial charge in [0, 0.05) is 0 Å². The molecule has 0 fully saturated rings. The van der Waals surface area contributed by atoms with E-state index in [9.17, 15) is 0 Å². The Morgan fingerprint density at radius 3 is 2.46 bits per heavy atom. The van der Waals surface area contributed by atoms with Gasteiger partial charge in [-0.2, -0.15) is 0 Å². The van der Waals surface area contributed by atoms with E-state index >= 15 is 0 Å². The van der Waals surface area contributed by atoms with Crippen LogP contribution >= 0.6 is 0 Å². The van der Waals surface area contributed by atoms with Gasteiger partial charge < -0.3 is 9.47 Å². The van der Waals surface area contributed by atoms with E-state index in [0.717, 1.165) is 5.57 Å². The molecular weight excluding hydrogens is 164 g/mol. The lowest BCUT2D eigenvalue weighted by Crippen LogP contribution is -1.95. The summed E-state index contributed by atoms with van der Waals surface area (Å²) in [6, 6.07) is 0. The summed E-state index contributed by atoms with van der Waals surface area (Å²) in [5.74, 6) is 5.65. The quantitative estimate of drug-likeness (QED) is 0.352. The van der Waals surface area contributed by atoms with Crippen molar-refractivity contribution >= 4 is 0 Å². The first-order valence-corrected chi connectivity index (χ1v) is 4.14. The Balaban J connectivity index is 3.19. The Bertz CT molecular complexity index is 208. The third-order valence-electron chi connectivity index (χ3n) is 1.06. The third-order valence-corrected chi connectivity index (χ3v) is 1.06. The number of rotatable bonds is 6. The highest BCUT2D eigenvalue weighted by molar-refractivity contribution is 5.00. The molecule has 0 rings (SSSR count). The van der Waals surface area contributed by atoms with E-state index in [-0.39, 0.29) is 0 Å². The van der Waals surface area contributed by atoms with Crippen LogP contribution < -0.4 is 0 Å². The Kier molecular flexibility index (Phi) is 8.33. The van der Waals surface area contributed by atoms with E-state index in [1.807, 2.05) is 6.92 Å². The van der Waals surface area contributed by atoms with Crippen LogP contribution in [-0.4, -0.2) is 26.4 Å². The molecule has 0 bridgehead atoms. The topological polar surface area (TPSA) is 18.5 Å². The summed E-state index contributed by atoms with van der Waals surface area (Å²) < 4.78 is 10.2. The lowest BCUT2D eigenvalue weighted by molar-refractivity contribution is 0.189. The van der Waals surface area contributed by atoms with Crippen molar-refractivity contribution in [3.05, 3.63) is 24.8 Å². The van der Waals surface area contributed by atoms with Gasteiger partial charge in [-0.25, -0.2) is 0 Å². The van der Waals surface area contributed by atoms with Gasteiger partial charge in [-0.3, -0.25) is 0 Å². The van der Waals surface area contributed by atoms with Gasteiger partial charge in [0.2, 0.25) is 0 Å². The maximum atomic E-state index is 5.15. The van der Waals surface area contributed by atoms with E-state index in [4.69, 9.17) is 9.47 Å². The third kappa shape index (κ3) is 11.0. The lowest BCUT2D eigenvalue weighted by atomic mass is 10.4. The summed E-state index contributed by atoms with van der Waals surface area (Å²) in [5.41, 5.74) is 1.00. The molecule has 13 heavy (non-hydrogen) atoms. The van der Waals surface area contributed by atoms with Crippen molar-refractivity contribution < 1.29 is 9.47 Å². The first-order chi connectivity index (χ1) is 6.27. The van der Waals surface area contributed by atoms with Crippen LogP contribution in [0, 0.1) is 11.8 Å². The van der Waals surface area contributed by atoms with Crippen LogP contribution in [0.1, 0.15) is 6.92 Å². The van der Waals surface area contributed by atoms with Gasteiger partial charge in [0.25, 0.3) is 0 Å². The number of hydrogen-bond donors (Lipinski definition) is 0. The minimum Gasteiger partial charge on any atom is -0.365 e. The molecule has 0 aromatic carbocycles. The summed E-state index contributed by atoms with van der Waals surface area (Å²) in [6.45, 7) is 11.1. The zero-order chi connectivity index (χ0) is 9.94. The predicted molar refractivity (Wildman–Crippen MR) is 54.4 cm³/mol. The largest absolute Gasteiger partial charge is 0.365 e. The molecule has 0 aliphatic heterocycles. The molecule has 72 valence electrons. The highest BCUT2D eigenvalue weighted by Crippen LogP contribution is 1.86. The van der Waals surface area contributed by atoms with Gasteiger partial charge in [0.05, 0.1) is 13.2 Å². The number of ether oxygens (including phenoxy) is 2. The summed E-state index contributed by atoms with van der Waals surface area (Å²) in [5, 5.41) is 0. The van der Waals surface area contributed by atoms with Gasteiger partial charge in [0.1, 0.15) is 13.2 Å². The van der Waals surface area contributed by atoms with E-state index in [0.29, 0.717) is 26.4 Å². The van der Waals surface area contributed by atoms with Crippen LogP contribution in [-0.2, 0) is 9.47 Å². The fourth-order valence-electron chi connectivity index (χ4n) is 0.572. The minimum absolute atomic E-state index is 0.433. The second kappa shape index (κ2) is 9.05. The monoisotopic (exact) mass is 180 g/mol. The molecule has 0 saturated heterocycles. The maximum Gasteiger partial charge on any atom is 0.108 e. The normalized spacial score (nSPS) is 8.69. The molecule has 0 atom stereocenters. The maximum absolute atomic E-state index is 5.15. The van der Waals surface area contributed by atoms with Crippen molar-refractivity contribution in [3.63, 3.8) is 0 Å². The predicted octanol–water partition coefficient (Wildman–Crippen LogP) is 1.79. The fourth-order valence-corrected chi connectivity index (χ4v) is 0.572. The first kappa shape index (κ1) is 12.0. The zero-order valence-electron chi connectivity index (χ0n) is 8.14. The van der Waals surface area contributed by atoms with Gasteiger partial charge in [0.15, 0.2) is 0 Å². The van der Waals surface area contributed by atoms with Crippen LogP contribution in [0.5, 0.6) is 0 Å². The second-order valence-corrected chi connectivity index (χ2v) is 2.61. The van der Waals surface area contributed by atoms with Crippen molar-refractivity contribution in [2.75, 3.05) is 26.4 Å². The Labute approximate surface area is 80.2 Å². The molecule has 2 heteroatoms. The van der Waals surface area contributed by atoms with Crippen molar-refractivity contribution in [2.45, 2.75) is 6.92 Å². The Hall–Kier alpha value is -1.04. The average Bonchev–Trinajstić information content (AvgIpc) is 2.09. The summed E-state index contributed by atoms with van der Waals surface area (Å²) in [7, 11) is 0. The molecule has 0 spiro atoms. The van der Waals surface area contributed by atoms with Crippen LogP contribution in [0.4, 0.5) is 0 Å². The van der Waals surface area contributed by atoms with E-state index < -0.39 is 0 Å². The van der Waals surface area contributed by atoms with Crippen molar-refractivity contribution in [3.8, 4) is 11.8 Å². The highest BCUT2D eigenvalue weighted by Gasteiger charge is 1.83. The molecule has 0 saturated carbocycles. The summed E-state index contributed by atoms with van der Waals surface area (Å²) in [6.07, 6.45) is 1.69. The summed E-state index contributed by atoms with van der Waals surface area (Å²) >= 11 is 0. The number of hydrogen-bond acceptors (Lipinski definition) is 2. The molecule has 0 radical (unpaired) electrons. The molecule has 0 aliphatic rings. The lowest BCUT2D eigenvalue weighted by Gasteiger charge is -1.96. The molecule has 0 N–H and O–H groups in total. The second-order valence-electron chi connectivity index (χ2n) is 2.61. The first-order valence-electron chi connectivity index (χ1n) is 4.14. The molecule has 0 aromatic rings. The highest BCUT2D eigenvalue weighted by atomic mass is 16.5. The van der Waals surface area contributed by atoms with Crippen LogP contribution in [0.15, 0.2) is 24.8 Å². The standard InChI is InChI=1S/C11H16O2/c1-4-7-12-8-5-6-9-13-10-11(2)3/h4H,1-2,7-10H2,3H3. The Morgan fingerprint density at radius 1 is 1.31 bits per heavy atom. The van der Waals surface area contributed by atoms with E-state index in [1.165, 1.54) is 0 Å². The molecular formula is C11H16O2.